The van der Waals surface area contributed by atoms with Gasteiger partial charge in [0.05, 0.1) is 19.3 Å². The van der Waals surface area contributed by atoms with Gasteiger partial charge in [-0.25, -0.2) is 9.78 Å². The number of likely N-dealkylation sites (tertiary alicyclic amines) is 1. The smallest absolute Gasteiger partial charge is 0.475 e. The molecular formula is C18H24F3N3O4S. The van der Waals surface area contributed by atoms with Crippen molar-refractivity contribution < 1.29 is 32.6 Å². The Morgan fingerprint density at radius 1 is 1.34 bits per heavy atom. The number of hydrogen-bond donors (Lipinski definition) is 2. The number of carbonyl (C=O) groups is 2. The van der Waals surface area contributed by atoms with Crippen LogP contribution in [0.5, 0.6) is 0 Å². The molecule has 1 saturated carbocycles. The number of fused-ring (bicyclic) bond motifs is 1. The summed E-state index contributed by atoms with van der Waals surface area (Å²) in [4.78, 5) is 27.5. The summed E-state index contributed by atoms with van der Waals surface area (Å²) in [6, 6.07) is 0. The van der Waals surface area contributed by atoms with Crippen molar-refractivity contribution in [1.29, 1.82) is 0 Å². The quantitative estimate of drug-likeness (QED) is 0.737. The summed E-state index contributed by atoms with van der Waals surface area (Å²) < 4.78 is 37.7. The number of aliphatic carboxylic acids is 1. The molecule has 0 spiro atoms. The third kappa shape index (κ3) is 6.38. The standard InChI is InChI=1S/C16H23N3O2S.C2HF3O2/c20-16(11-1-2-11)18-7-14-13-3-5-19(8-12(13)10-21-14)9-15-17-4-6-22-15;3-2(4,5)1(6)7/h4,6,11-14H,1-3,5,7-10H2,(H,18,20);(H,6,7)/t12-,13-,14-;/m0./s1. The number of rotatable bonds is 5. The highest BCUT2D eigenvalue weighted by atomic mass is 32.1. The third-order valence-corrected chi connectivity index (χ3v) is 6.15. The summed E-state index contributed by atoms with van der Waals surface area (Å²) in [7, 11) is 0. The SMILES string of the molecule is O=C(NC[C@@H]1OC[C@@H]2CN(Cc3nccs3)CC[C@@H]21)C1CC1.O=C(O)C(F)(F)F. The first-order valence-electron chi connectivity index (χ1n) is 9.54. The van der Waals surface area contributed by atoms with Crippen LogP contribution in [-0.2, 0) is 20.9 Å². The molecule has 1 aromatic heterocycles. The van der Waals surface area contributed by atoms with E-state index in [2.05, 4.69) is 15.2 Å². The van der Waals surface area contributed by atoms with E-state index in [1.54, 1.807) is 11.3 Å². The molecule has 2 N–H and O–H groups in total. The maximum absolute atomic E-state index is 11.8. The molecular weight excluding hydrogens is 411 g/mol. The summed E-state index contributed by atoms with van der Waals surface area (Å²) >= 11 is 1.73. The number of nitrogens with zero attached hydrogens (tertiary/aromatic N) is 2. The molecule has 3 fully saturated rings. The average Bonchev–Trinajstić information content (AvgIpc) is 3.25. The molecule has 3 aliphatic rings. The number of hydrogen-bond acceptors (Lipinski definition) is 6. The van der Waals surface area contributed by atoms with E-state index in [-0.39, 0.29) is 17.9 Å². The van der Waals surface area contributed by atoms with Gasteiger partial charge in [-0.05, 0) is 31.7 Å². The van der Waals surface area contributed by atoms with Gasteiger partial charge in [-0.15, -0.1) is 11.3 Å². The Hall–Kier alpha value is -1.72. The van der Waals surface area contributed by atoms with Crippen molar-refractivity contribution in [3.63, 3.8) is 0 Å². The fourth-order valence-corrected chi connectivity index (χ4v) is 4.39. The maximum atomic E-state index is 11.8. The summed E-state index contributed by atoms with van der Waals surface area (Å²) in [5.74, 6) is -1.03. The van der Waals surface area contributed by atoms with Crippen LogP contribution in [0.3, 0.4) is 0 Å². The van der Waals surface area contributed by atoms with Crippen LogP contribution in [-0.4, -0.2) is 65.4 Å². The second kappa shape index (κ2) is 9.40. The first kappa shape index (κ1) is 22.0. The predicted octanol–water partition coefficient (Wildman–Crippen LogP) is 2.14. The molecule has 162 valence electrons. The molecule has 7 nitrogen and oxygen atoms in total. The molecule has 1 aromatic rings. The van der Waals surface area contributed by atoms with Gasteiger partial charge in [0.2, 0.25) is 5.91 Å². The van der Waals surface area contributed by atoms with Crippen molar-refractivity contribution in [2.24, 2.45) is 17.8 Å². The molecule has 2 aliphatic heterocycles. The zero-order chi connectivity index (χ0) is 21.0. The molecule has 0 aromatic carbocycles. The Morgan fingerprint density at radius 2 is 2.07 bits per heavy atom. The van der Waals surface area contributed by atoms with Gasteiger partial charge in [0.1, 0.15) is 5.01 Å². The molecule has 0 bridgehead atoms. The fourth-order valence-electron chi connectivity index (χ4n) is 3.73. The molecule has 29 heavy (non-hydrogen) atoms. The lowest BCUT2D eigenvalue weighted by Gasteiger charge is -2.35. The summed E-state index contributed by atoms with van der Waals surface area (Å²) in [5, 5.41) is 13.4. The van der Waals surface area contributed by atoms with E-state index in [0.29, 0.717) is 18.4 Å². The number of carbonyl (C=O) groups excluding carboxylic acids is 1. The van der Waals surface area contributed by atoms with Crippen molar-refractivity contribution in [2.75, 3.05) is 26.2 Å². The largest absolute Gasteiger partial charge is 0.490 e. The number of alkyl halides is 3. The van der Waals surface area contributed by atoms with Crippen LogP contribution >= 0.6 is 11.3 Å². The minimum atomic E-state index is -5.08. The van der Waals surface area contributed by atoms with Crippen molar-refractivity contribution in [2.45, 2.75) is 38.1 Å². The molecule has 3 heterocycles. The normalized spacial score (nSPS) is 26.9. The molecule has 2 saturated heterocycles. The minimum Gasteiger partial charge on any atom is -0.475 e. The average molecular weight is 435 g/mol. The number of aromatic nitrogens is 1. The zero-order valence-corrected chi connectivity index (χ0v) is 16.5. The molecule has 1 amide bonds. The van der Waals surface area contributed by atoms with Crippen molar-refractivity contribution >= 4 is 23.2 Å². The number of nitrogens with one attached hydrogen (secondary N) is 1. The van der Waals surface area contributed by atoms with E-state index in [4.69, 9.17) is 14.6 Å². The second-order valence-corrected chi connectivity index (χ2v) is 8.55. The van der Waals surface area contributed by atoms with E-state index in [1.807, 2.05) is 11.6 Å². The van der Waals surface area contributed by atoms with Crippen molar-refractivity contribution in [3.05, 3.63) is 16.6 Å². The molecule has 0 unspecified atom stereocenters. The molecule has 0 radical (unpaired) electrons. The highest BCUT2D eigenvalue weighted by Crippen LogP contribution is 2.35. The number of thiazole rings is 1. The van der Waals surface area contributed by atoms with Crippen molar-refractivity contribution in [3.8, 4) is 0 Å². The van der Waals surface area contributed by atoms with Gasteiger partial charge in [-0.1, -0.05) is 0 Å². The Morgan fingerprint density at radius 3 is 2.66 bits per heavy atom. The van der Waals surface area contributed by atoms with Crippen LogP contribution in [0.1, 0.15) is 24.3 Å². The monoisotopic (exact) mass is 435 g/mol. The predicted molar refractivity (Wildman–Crippen MR) is 98.2 cm³/mol. The van der Waals surface area contributed by atoms with E-state index >= 15 is 0 Å². The van der Waals surface area contributed by atoms with E-state index < -0.39 is 12.1 Å². The van der Waals surface area contributed by atoms with Gasteiger partial charge in [-0.3, -0.25) is 9.69 Å². The van der Waals surface area contributed by atoms with Crippen LogP contribution in [0, 0.1) is 17.8 Å². The molecule has 4 rings (SSSR count). The highest BCUT2D eigenvalue weighted by molar-refractivity contribution is 7.09. The lowest BCUT2D eigenvalue weighted by molar-refractivity contribution is -0.192. The summed E-state index contributed by atoms with van der Waals surface area (Å²) in [5.41, 5.74) is 0. The van der Waals surface area contributed by atoms with Crippen LogP contribution < -0.4 is 5.32 Å². The number of ether oxygens (including phenoxy) is 1. The molecule has 3 atom stereocenters. The fraction of sp³-hybridized carbons (Fsp3) is 0.722. The Labute approximate surface area is 170 Å². The molecule has 11 heteroatoms. The van der Waals surface area contributed by atoms with E-state index in [9.17, 15) is 18.0 Å². The van der Waals surface area contributed by atoms with E-state index in [1.165, 1.54) is 11.4 Å². The second-order valence-electron chi connectivity index (χ2n) is 7.57. The summed E-state index contributed by atoms with van der Waals surface area (Å²) in [6.45, 7) is 4.70. The first-order chi connectivity index (χ1) is 13.7. The van der Waals surface area contributed by atoms with Gasteiger partial charge < -0.3 is 15.2 Å². The van der Waals surface area contributed by atoms with Crippen LogP contribution in [0.2, 0.25) is 0 Å². The Bertz CT molecular complexity index is 697. The van der Waals surface area contributed by atoms with Crippen LogP contribution in [0.15, 0.2) is 11.6 Å². The Balaban J connectivity index is 0.000000298. The zero-order valence-electron chi connectivity index (χ0n) is 15.7. The Kier molecular flexibility index (Phi) is 7.12. The minimum absolute atomic E-state index is 0.217. The number of amides is 1. The van der Waals surface area contributed by atoms with Gasteiger partial charge in [-0.2, -0.15) is 13.2 Å². The van der Waals surface area contributed by atoms with Crippen molar-refractivity contribution in [1.82, 2.24) is 15.2 Å². The number of carboxylic acid groups (broad SMARTS) is 1. The lowest BCUT2D eigenvalue weighted by atomic mass is 9.84. The topological polar surface area (TPSA) is 91.8 Å². The van der Waals surface area contributed by atoms with Crippen LogP contribution in [0.4, 0.5) is 13.2 Å². The number of halogens is 3. The van der Waals surface area contributed by atoms with Gasteiger partial charge in [0, 0.05) is 36.5 Å². The maximum Gasteiger partial charge on any atom is 0.490 e. The number of carboxylic acids is 1. The van der Waals surface area contributed by atoms with Gasteiger partial charge >= 0.3 is 12.1 Å². The third-order valence-electron chi connectivity index (χ3n) is 5.39. The van der Waals surface area contributed by atoms with Gasteiger partial charge in [0.25, 0.3) is 0 Å². The van der Waals surface area contributed by atoms with Crippen LogP contribution in [0.25, 0.3) is 0 Å². The highest BCUT2D eigenvalue weighted by Gasteiger charge is 2.41. The lowest BCUT2D eigenvalue weighted by Crippen LogP contribution is -2.43. The first-order valence-corrected chi connectivity index (χ1v) is 10.4. The summed E-state index contributed by atoms with van der Waals surface area (Å²) in [6.07, 6.45) is 0.309. The molecule has 1 aliphatic carbocycles. The van der Waals surface area contributed by atoms with Gasteiger partial charge in [0.15, 0.2) is 0 Å². The van der Waals surface area contributed by atoms with E-state index in [0.717, 1.165) is 39.1 Å². The number of piperidine rings is 1.